The lowest BCUT2D eigenvalue weighted by molar-refractivity contribution is -0.695. The zero-order valence-electron chi connectivity index (χ0n) is 12.1. The molecule has 0 unspecified atom stereocenters. The van der Waals surface area contributed by atoms with Crippen molar-refractivity contribution in [3.05, 3.63) is 54.4 Å². The summed E-state index contributed by atoms with van der Waals surface area (Å²) in [4.78, 5) is 12.7. The molecule has 114 valence electrons. The van der Waals surface area contributed by atoms with E-state index in [1.807, 2.05) is 53.6 Å². The normalized spacial score (nSPS) is 9.45. The number of nitrogens with zero attached hydrogens (tertiary/aromatic N) is 2. The van der Waals surface area contributed by atoms with Gasteiger partial charge < -0.3 is 22.3 Å². The van der Waals surface area contributed by atoms with Crippen LogP contribution in [0.2, 0.25) is 0 Å². The van der Waals surface area contributed by atoms with Crippen LogP contribution in [-0.4, -0.2) is 5.91 Å². The Hall–Kier alpha value is -1.84. The number of pyridine rings is 1. The summed E-state index contributed by atoms with van der Waals surface area (Å²) in [5, 5.41) is 13.4. The van der Waals surface area contributed by atoms with Crippen molar-refractivity contribution in [1.82, 2.24) is 0 Å². The van der Waals surface area contributed by atoms with Crippen LogP contribution in [0.5, 0.6) is 0 Å². The highest BCUT2D eigenvalue weighted by Gasteiger charge is 2.07. The quantitative estimate of drug-likeness (QED) is 0.449. The van der Waals surface area contributed by atoms with Crippen LogP contribution in [0.15, 0.2) is 53.7 Å². The lowest BCUT2D eigenvalue weighted by atomic mass is 10.3. The molecule has 1 heterocycles. The number of carbonyl (C=O) groups excluding carboxylic acids is 1. The topological polar surface area (TPSA) is 56.8 Å². The van der Waals surface area contributed by atoms with Gasteiger partial charge in [-0.05, 0) is 48.5 Å². The monoisotopic (exact) mass is 377 g/mol. The first-order valence-electron chi connectivity index (χ1n) is 6.59. The van der Waals surface area contributed by atoms with E-state index in [-0.39, 0.29) is 22.9 Å². The number of hydrogen-bond donors (Lipinski definition) is 1. The molecule has 2 rings (SSSR count). The number of nitrogens with one attached hydrogen (secondary N) is 1. The summed E-state index contributed by atoms with van der Waals surface area (Å²) in [7, 11) is 0. The van der Waals surface area contributed by atoms with Crippen LogP contribution >= 0.6 is 11.8 Å². The Morgan fingerprint density at radius 2 is 1.86 bits per heavy atom. The number of amides is 1. The maximum absolute atomic E-state index is 11.9. The molecule has 0 saturated carbocycles. The summed E-state index contributed by atoms with van der Waals surface area (Å²) in [6.07, 6.45) is 4.36. The summed E-state index contributed by atoms with van der Waals surface area (Å²) in [5.74, 6) is -0.0243. The van der Waals surface area contributed by atoms with E-state index < -0.39 is 0 Å². The van der Waals surface area contributed by atoms with E-state index in [2.05, 4.69) is 5.32 Å². The SMILES string of the molecule is Cc1cc[n+](CCC(=O)Nc2ccc(SC#N)cc2)cc1.[Br-]. The van der Waals surface area contributed by atoms with Crippen LogP contribution in [0, 0.1) is 17.6 Å². The van der Waals surface area contributed by atoms with E-state index in [9.17, 15) is 4.79 Å². The van der Waals surface area contributed by atoms with E-state index >= 15 is 0 Å². The fraction of sp³-hybridized carbons (Fsp3) is 0.188. The van der Waals surface area contributed by atoms with E-state index in [4.69, 9.17) is 5.26 Å². The first-order valence-corrected chi connectivity index (χ1v) is 7.40. The van der Waals surface area contributed by atoms with Crippen molar-refractivity contribution in [3.8, 4) is 5.40 Å². The molecule has 1 aromatic heterocycles. The maximum Gasteiger partial charge on any atom is 0.230 e. The Kier molecular flexibility index (Phi) is 7.64. The van der Waals surface area contributed by atoms with Crippen molar-refractivity contribution in [2.24, 2.45) is 0 Å². The summed E-state index contributed by atoms with van der Waals surface area (Å²) >= 11 is 1.10. The minimum absolute atomic E-state index is 0. The molecule has 0 saturated heterocycles. The number of halogens is 1. The molecule has 22 heavy (non-hydrogen) atoms. The number of thiocyanates is 1. The second kappa shape index (κ2) is 9.23. The van der Waals surface area contributed by atoms with Crippen molar-refractivity contribution in [2.75, 3.05) is 5.32 Å². The molecule has 0 fully saturated rings. The molecule has 0 radical (unpaired) electrons. The molecule has 0 bridgehead atoms. The number of benzene rings is 1. The zero-order chi connectivity index (χ0) is 15.1. The Balaban J connectivity index is 0.00000242. The number of nitriles is 1. The number of anilines is 1. The molecule has 0 aliphatic rings. The first kappa shape index (κ1) is 18.2. The van der Waals surface area contributed by atoms with Crippen molar-refractivity contribution in [3.63, 3.8) is 0 Å². The third kappa shape index (κ3) is 5.88. The molecular formula is C16H16BrN3OS. The van der Waals surface area contributed by atoms with Gasteiger partial charge in [-0.1, -0.05) is 0 Å². The van der Waals surface area contributed by atoms with E-state index in [1.54, 1.807) is 12.1 Å². The molecule has 4 nitrogen and oxygen atoms in total. The Labute approximate surface area is 144 Å². The number of hydrogen-bond acceptors (Lipinski definition) is 3. The van der Waals surface area contributed by atoms with Crippen LogP contribution in [-0.2, 0) is 11.3 Å². The lowest BCUT2D eigenvalue weighted by Gasteiger charge is -2.04. The van der Waals surface area contributed by atoms with Crippen LogP contribution in [0.1, 0.15) is 12.0 Å². The number of carbonyl (C=O) groups is 1. The van der Waals surface area contributed by atoms with Gasteiger partial charge in [0.1, 0.15) is 5.40 Å². The highest BCUT2D eigenvalue weighted by molar-refractivity contribution is 8.03. The highest BCUT2D eigenvalue weighted by atomic mass is 79.9. The summed E-state index contributed by atoms with van der Waals surface area (Å²) in [6.45, 7) is 2.68. The smallest absolute Gasteiger partial charge is 0.230 e. The minimum atomic E-state index is -0.0243. The van der Waals surface area contributed by atoms with Crippen molar-refractivity contribution >= 4 is 23.4 Å². The fourth-order valence-corrected chi connectivity index (χ4v) is 2.17. The Morgan fingerprint density at radius 1 is 1.23 bits per heavy atom. The number of thioether (sulfide) groups is 1. The largest absolute Gasteiger partial charge is 1.00 e. The number of aryl methyl sites for hydroxylation is 2. The highest BCUT2D eigenvalue weighted by Crippen LogP contribution is 2.18. The van der Waals surface area contributed by atoms with E-state index in [0.717, 1.165) is 22.3 Å². The van der Waals surface area contributed by atoms with Crippen molar-refractivity contribution in [1.29, 1.82) is 5.26 Å². The lowest BCUT2D eigenvalue weighted by Crippen LogP contribution is -3.00. The molecule has 1 amide bonds. The molecular weight excluding hydrogens is 362 g/mol. The molecule has 2 aromatic rings. The average Bonchev–Trinajstić information content (AvgIpc) is 2.49. The van der Waals surface area contributed by atoms with Gasteiger partial charge in [0.25, 0.3) is 0 Å². The van der Waals surface area contributed by atoms with Gasteiger partial charge in [0.2, 0.25) is 5.91 Å². The van der Waals surface area contributed by atoms with Crippen LogP contribution in [0.3, 0.4) is 0 Å². The third-order valence-electron chi connectivity index (χ3n) is 2.96. The van der Waals surface area contributed by atoms with Crippen LogP contribution < -0.4 is 26.9 Å². The van der Waals surface area contributed by atoms with Gasteiger partial charge >= 0.3 is 0 Å². The predicted molar refractivity (Wildman–Crippen MR) is 82.5 cm³/mol. The predicted octanol–water partition coefficient (Wildman–Crippen LogP) is -0.111. The fourth-order valence-electron chi connectivity index (χ4n) is 1.79. The summed E-state index contributed by atoms with van der Waals surface area (Å²) in [5.41, 5.74) is 1.95. The van der Waals surface area contributed by atoms with Crippen molar-refractivity contribution in [2.45, 2.75) is 24.8 Å². The number of rotatable bonds is 5. The molecule has 0 spiro atoms. The van der Waals surface area contributed by atoms with Gasteiger partial charge in [0.05, 0.1) is 6.42 Å². The van der Waals surface area contributed by atoms with Crippen molar-refractivity contribution < 1.29 is 26.3 Å². The first-order chi connectivity index (χ1) is 10.2. The minimum Gasteiger partial charge on any atom is -1.00 e. The molecule has 0 atom stereocenters. The van der Waals surface area contributed by atoms with Gasteiger partial charge in [0, 0.05) is 22.7 Å². The number of aromatic nitrogens is 1. The van der Waals surface area contributed by atoms with Gasteiger partial charge in [-0.15, -0.1) is 0 Å². The standard InChI is InChI=1S/C16H15N3OS.BrH/c1-13-6-9-19(10-7-13)11-8-16(20)18-14-2-4-15(5-3-14)21-12-17;/h2-7,9-10H,8,11H2,1H3;1H. The van der Waals surface area contributed by atoms with E-state index in [0.29, 0.717) is 13.0 Å². The summed E-state index contributed by atoms with van der Waals surface area (Å²) < 4.78 is 1.99. The van der Waals surface area contributed by atoms with E-state index in [1.165, 1.54) is 5.56 Å². The maximum atomic E-state index is 11.9. The van der Waals surface area contributed by atoms with Gasteiger partial charge in [-0.2, -0.15) is 5.26 Å². The zero-order valence-corrected chi connectivity index (χ0v) is 14.5. The van der Waals surface area contributed by atoms with Gasteiger partial charge in [-0.25, -0.2) is 4.57 Å². The van der Waals surface area contributed by atoms with Gasteiger partial charge in [0.15, 0.2) is 18.9 Å². The van der Waals surface area contributed by atoms with Gasteiger partial charge in [-0.3, -0.25) is 4.79 Å². The summed E-state index contributed by atoms with van der Waals surface area (Å²) in [6, 6.07) is 11.3. The Morgan fingerprint density at radius 3 is 2.45 bits per heavy atom. The molecule has 0 aliphatic heterocycles. The molecule has 1 aromatic carbocycles. The Bertz CT molecular complexity index is 651. The molecule has 1 N–H and O–H groups in total. The van der Waals surface area contributed by atoms with Crippen LogP contribution in [0.25, 0.3) is 0 Å². The average molecular weight is 378 g/mol. The molecule has 0 aliphatic carbocycles. The van der Waals surface area contributed by atoms with Crippen LogP contribution in [0.4, 0.5) is 5.69 Å². The second-order valence-corrected chi connectivity index (χ2v) is 5.49. The second-order valence-electron chi connectivity index (χ2n) is 4.63. The molecule has 6 heteroatoms. The third-order valence-corrected chi connectivity index (χ3v) is 3.56.